The summed E-state index contributed by atoms with van der Waals surface area (Å²) in [4.78, 5) is 0. The summed E-state index contributed by atoms with van der Waals surface area (Å²) in [7, 11) is -4.33. The first-order valence-electron chi connectivity index (χ1n) is 1.55. The third-order valence-corrected chi connectivity index (χ3v) is 0. The van der Waals surface area contributed by atoms with Crippen molar-refractivity contribution in [3.05, 3.63) is 0 Å². The second kappa shape index (κ2) is 22.9. The Morgan fingerprint density at radius 2 is 0.455 bits per heavy atom. The van der Waals surface area contributed by atoms with Crippen LogP contribution in [-0.4, -0.2) is 44.8 Å². The van der Waals surface area contributed by atoms with Crippen molar-refractivity contribution >= 4 is 14.6 Å². The fourth-order valence-corrected chi connectivity index (χ4v) is 0. The zero-order chi connectivity index (χ0) is 7.15. The summed E-state index contributed by atoms with van der Waals surface area (Å²) in [6.07, 6.45) is 0. The van der Waals surface area contributed by atoms with Gasteiger partial charge in [0.15, 0.2) is 0 Å². The van der Waals surface area contributed by atoms with Crippen LogP contribution in [0.25, 0.3) is 0 Å². The van der Waals surface area contributed by atoms with Crippen LogP contribution in [0, 0.1) is 0 Å². The van der Waals surface area contributed by atoms with E-state index in [9.17, 15) is 0 Å². The molecular formula is H6B2Cd3O6+6. The minimum atomic E-state index is -2.17. The Morgan fingerprint density at radius 1 is 0.455 bits per heavy atom. The van der Waals surface area contributed by atoms with Gasteiger partial charge < -0.3 is 30.1 Å². The first kappa shape index (κ1) is 29.2. The molecule has 0 rings (SSSR count). The zero-order valence-electron chi connectivity index (χ0n) is 5.96. The van der Waals surface area contributed by atoms with Crippen LogP contribution in [0.3, 0.4) is 0 Å². The Hall–Kier alpha value is 2.66. The van der Waals surface area contributed by atoms with Gasteiger partial charge in [0.25, 0.3) is 0 Å². The van der Waals surface area contributed by atoms with Gasteiger partial charge in [-0.15, -0.1) is 0 Å². The number of rotatable bonds is 0. The Bertz CT molecular complexity index is 31.3. The fourth-order valence-electron chi connectivity index (χ4n) is 0. The third-order valence-electron chi connectivity index (χ3n) is 0. The monoisotopic (exact) mass is 466 g/mol. The van der Waals surface area contributed by atoms with Gasteiger partial charge in [0.05, 0.1) is 0 Å². The van der Waals surface area contributed by atoms with Crippen LogP contribution < -0.4 is 0 Å². The molecule has 11 heteroatoms. The number of hydrogen-bond acceptors (Lipinski definition) is 6. The van der Waals surface area contributed by atoms with Crippen LogP contribution in [0.15, 0.2) is 0 Å². The molecule has 0 aromatic rings. The van der Waals surface area contributed by atoms with E-state index in [0.717, 1.165) is 0 Å². The average molecular weight is 461 g/mol. The van der Waals surface area contributed by atoms with Gasteiger partial charge in [-0.2, -0.15) is 0 Å². The molecule has 0 aliphatic rings. The van der Waals surface area contributed by atoms with Crippen molar-refractivity contribution in [3.8, 4) is 0 Å². The molecule has 0 saturated carbocycles. The van der Waals surface area contributed by atoms with Crippen molar-refractivity contribution in [1.29, 1.82) is 0 Å². The molecule has 0 aliphatic heterocycles. The van der Waals surface area contributed by atoms with Gasteiger partial charge >= 0.3 is 96.5 Å². The molecule has 0 fully saturated rings. The predicted octanol–water partition coefficient (Wildman–Crippen LogP) is -4.11. The molecule has 0 aromatic carbocycles. The molecule has 0 unspecified atom stereocenters. The van der Waals surface area contributed by atoms with E-state index in [2.05, 4.69) is 0 Å². The molecular weight excluding hydrogens is 455 g/mol. The van der Waals surface area contributed by atoms with Gasteiger partial charge in [-0.25, -0.2) is 0 Å². The van der Waals surface area contributed by atoms with Gasteiger partial charge in [-0.3, -0.25) is 0 Å². The van der Waals surface area contributed by atoms with Gasteiger partial charge in [-0.1, -0.05) is 0 Å². The van der Waals surface area contributed by atoms with E-state index >= 15 is 0 Å². The fraction of sp³-hybridized carbons (Fsp3) is 0. The van der Waals surface area contributed by atoms with E-state index in [1.807, 2.05) is 0 Å². The van der Waals surface area contributed by atoms with Crippen molar-refractivity contribution in [2.75, 3.05) is 0 Å². The number of hydrogen-bond donors (Lipinski definition) is 6. The van der Waals surface area contributed by atoms with E-state index in [1.165, 1.54) is 0 Å². The standard InChI is InChI=1S/2BH3O3.3Cd/c2*2-1(3)4;;;/h2*2-4H;;;/q;;3*+2. The maximum absolute atomic E-state index is 7.17. The topological polar surface area (TPSA) is 121 Å². The van der Waals surface area contributed by atoms with E-state index in [1.54, 1.807) is 0 Å². The second-order valence-corrected chi connectivity index (χ2v) is 0.693. The molecule has 11 heavy (non-hydrogen) atoms. The van der Waals surface area contributed by atoms with Crippen molar-refractivity contribution in [3.63, 3.8) is 0 Å². The average Bonchev–Trinajstić information content (AvgIpc) is 1.25. The van der Waals surface area contributed by atoms with Gasteiger partial charge in [-0.05, 0) is 0 Å². The largest absolute Gasteiger partial charge is 2.00 e. The molecule has 0 heterocycles. The van der Waals surface area contributed by atoms with Gasteiger partial charge in [0.1, 0.15) is 0 Å². The summed E-state index contributed by atoms with van der Waals surface area (Å²) in [5.74, 6) is 0. The Kier molecular flexibility index (Phi) is 60.9. The molecule has 0 radical (unpaired) electrons. The van der Waals surface area contributed by atoms with Crippen molar-refractivity contribution in [1.82, 2.24) is 0 Å². The smallest absolute Gasteiger partial charge is 0.402 e. The molecule has 0 aromatic heterocycles. The van der Waals surface area contributed by atoms with Crippen molar-refractivity contribution in [2.24, 2.45) is 0 Å². The maximum atomic E-state index is 7.17. The Balaban J connectivity index is -0.0000000171. The molecule has 6 nitrogen and oxygen atoms in total. The first-order chi connectivity index (χ1) is 3.46. The summed E-state index contributed by atoms with van der Waals surface area (Å²) in [5, 5.41) is 43.0. The van der Waals surface area contributed by atoms with Crippen LogP contribution in [-0.2, 0) is 81.9 Å². The molecule has 48 valence electrons. The van der Waals surface area contributed by atoms with Gasteiger partial charge in [0.2, 0.25) is 0 Å². The third kappa shape index (κ3) is 204. The van der Waals surface area contributed by atoms with Crippen LogP contribution >= 0.6 is 0 Å². The molecule has 0 spiro atoms. The Labute approximate surface area is 125 Å². The quantitative estimate of drug-likeness (QED) is 0.204. The van der Waals surface area contributed by atoms with Crippen LogP contribution in [0.4, 0.5) is 0 Å². The summed E-state index contributed by atoms with van der Waals surface area (Å²) in [6.45, 7) is 0. The molecule has 0 bridgehead atoms. The van der Waals surface area contributed by atoms with Crippen LogP contribution in [0.1, 0.15) is 0 Å². The summed E-state index contributed by atoms with van der Waals surface area (Å²) >= 11 is 0. The van der Waals surface area contributed by atoms with Crippen molar-refractivity contribution < 1.29 is 112 Å². The molecule has 0 atom stereocenters. The molecule has 0 amide bonds. The molecule has 0 aliphatic carbocycles. The van der Waals surface area contributed by atoms with Crippen molar-refractivity contribution in [2.45, 2.75) is 0 Å². The van der Waals surface area contributed by atoms with Crippen LogP contribution in [0.2, 0.25) is 0 Å². The maximum Gasteiger partial charge on any atom is 2.00 e. The van der Waals surface area contributed by atoms with Crippen LogP contribution in [0.5, 0.6) is 0 Å². The van der Waals surface area contributed by atoms with E-state index in [4.69, 9.17) is 30.1 Å². The normalized spacial score (nSPS) is 4.91. The summed E-state index contributed by atoms with van der Waals surface area (Å²) in [6, 6.07) is 0. The predicted molar refractivity (Wildman–Crippen MR) is 24.8 cm³/mol. The summed E-state index contributed by atoms with van der Waals surface area (Å²) in [5.41, 5.74) is 0. The van der Waals surface area contributed by atoms with E-state index in [0.29, 0.717) is 0 Å². The van der Waals surface area contributed by atoms with Gasteiger partial charge in [0, 0.05) is 0 Å². The minimum absolute atomic E-state index is 0. The minimum Gasteiger partial charge on any atom is -0.402 e. The molecule has 6 N–H and O–H groups in total. The summed E-state index contributed by atoms with van der Waals surface area (Å²) < 4.78 is 0. The Morgan fingerprint density at radius 3 is 0.455 bits per heavy atom. The molecule has 0 saturated heterocycles. The van der Waals surface area contributed by atoms with E-state index in [-0.39, 0.29) is 81.9 Å². The zero-order valence-corrected chi connectivity index (χ0v) is 18.1. The second-order valence-electron chi connectivity index (χ2n) is 0.693. The SMILES string of the molecule is OB(O)O.OB(O)O.[Cd+2].[Cd+2].[Cd+2]. The van der Waals surface area contributed by atoms with E-state index < -0.39 is 14.6 Å². The first-order valence-corrected chi connectivity index (χ1v) is 1.55.